The monoisotopic (exact) mass is 290 g/mol. The number of piperazine rings is 1. The quantitative estimate of drug-likeness (QED) is 0.818. The van der Waals surface area contributed by atoms with Gasteiger partial charge in [-0.05, 0) is 38.8 Å². The van der Waals surface area contributed by atoms with Gasteiger partial charge in [-0.3, -0.25) is 4.90 Å². The molecular weight excluding hydrogens is 268 g/mol. The van der Waals surface area contributed by atoms with E-state index in [1.165, 1.54) is 0 Å². The molecule has 3 N–H and O–H groups in total. The number of anilines is 1. The molecule has 0 aromatic carbocycles. The topological polar surface area (TPSA) is 80.5 Å². The number of nitrogens with zero attached hydrogens (tertiary/aromatic N) is 2. The van der Waals surface area contributed by atoms with Gasteiger partial charge in [-0.15, -0.1) is 0 Å². The third-order valence-corrected chi connectivity index (χ3v) is 4.12. The summed E-state index contributed by atoms with van der Waals surface area (Å²) in [6.07, 6.45) is 2.39. The van der Waals surface area contributed by atoms with Crippen LogP contribution in [-0.2, 0) is 10.3 Å². The molecule has 0 aliphatic carbocycles. The van der Waals surface area contributed by atoms with Gasteiger partial charge >= 0.3 is 6.09 Å². The van der Waals surface area contributed by atoms with Crippen molar-refractivity contribution in [3.05, 3.63) is 23.9 Å². The summed E-state index contributed by atoms with van der Waals surface area (Å²) < 4.78 is 5.56. The average molecular weight is 290 g/mol. The van der Waals surface area contributed by atoms with Gasteiger partial charge in [0.15, 0.2) is 0 Å². The molecular formula is C15H22N4O2. The van der Waals surface area contributed by atoms with Gasteiger partial charge in [-0.2, -0.15) is 0 Å². The maximum atomic E-state index is 12.5. The van der Waals surface area contributed by atoms with Crippen LogP contribution in [0.15, 0.2) is 18.3 Å². The maximum absolute atomic E-state index is 12.5. The zero-order valence-electron chi connectivity index (χ0n) is 12.7. The molecule has 21 heavy (non-hydrogen) atoms. The van der Waals surface area contributed by atoms with Crippen LogP contribution in [0.2, 0.25) is 0 Å². The number of nitrogen functional groups attached to an aromatic ring is 1. The Hall–Kier alpha value is -1.82. The van der Waals surface area contributed by atoms with Gasteiger partial charge < -0.3 is 15.8 Å². The minimum absolute atomic E-state index is 0.261. The molecule has 0 saturated carbocycles. The van der Waals surface area contributed by atoms with E-state index in [-0.39, 0.29) is 11.6 Å². The van der Waals surface area contributed by atoms with Crippen LogP contribution in [0.3, 0.4) is 0 Å². The van der Waals surface area contributed by atoms with E-state index >= 15 is 0 Å². The van der Waals surface area contributed by atoms with Crippen LogP contribution < -0.4 is 11.1 Å². The van der Waals surface area contributed by atoms with Crippen molar-refractivity contribution in [1.29, 1.82) is 0 Å². The van der Waals surface area contributed by atoms with E-state index in [4.69, 9.17) is 10.5 Å². The Labute approximate surface area is 124 Å². The van der Waals surface area contributed by atoms with E-state index in [1.54, 1.807) is 12.3 Å². The Kier molecular flexibility index (Phi) is 3.09. The molecule has 2 aliphatic heterocycles. The molecule has 6 heteroatoms. The van der Waals surface area contributed by atoms with Gasteiger partial charge in [0.25, 0.3) is 0 Å². The van der Waals surface area contributed by atoms with Crippen molar-refractivity contribution in [2.45, 2.75) is 44.4 Å². The summed E-state index contributed by atoms with van der Waals surface area (Å²) in [5.41, 5.74) is 5.81. The van der Waals surface area contributed by atoms with Gasteiger partial charge in [-0.25, -0.2) is 9.78 Å². The van der Waals surface area contributed by atoms with Crippen molar-refractivity contribution >= 4 is 11.9 Å². The number of rotatable bonds is 1. The molecule has 1 amide bonds. The van der Waals surface area contributed by atoms with E-state index in [1.807, 2.05) is 31.7 Å². The molecule has 1 aromatic heterocycles. The van der Waals surface area contributed by atoms with Crippen molar-refractivity contribution in [3.8, 4) is 0 Å². The van der Waals surface area contributed by atoms with Crippen molar-refractivity contribution in [1.82, 2.24) is 15.2 Å². The lowest BCUT2D eigenvalue weighted by molar-refractivity contribution is 0.00455. The first-order valence-corrected chi connectivity index (χ1v) is 7.26. The predicted molar refractivity (Wildman–Crippen MR) is 79.7 cm³/mol. The second kappa shape index (κ2) is 4.59. The number of hydrogen-bond donors (Lipinski definition) is 2. The van der Waals surface area contributed by atoms with Crippen LogP contribution in [0, 0.1) is 0 Å². The summed E-state index contributed by atoms with van der Waals surface area (Å²) >= 11 is 0. The molecule has 2 unspecified atom stereocenters. The number of amides is 1. The second-order valence-corrected chi connectivity index (χ2v) is 6.88. The minimum atomic E-state index is -0.493. The van der Waals surface area contributed by atoms with Crippen LogP contribution in [0.1, 0.15) is 32.8 Å². The fraction of sp³-hybridized carbons (Fsp3) is 0.600. The Morgan fingerprint density at radius 1 is 1.52 bits per heavy atom. The summed E-state index contributed by atoms with van der Waals surface area (Å²) in [7, 11) is 0. The van der Waals surface area contributed by atoms with E-state index < -0.39 is 5.60 Å². The highest BCUT2D eigenvalue weighted by Crippen LogP contribution is 2.43. The lowest BCUT2D eigenvalue weighted by atomic mass is 9.90. The Morgan fingerprint density at radius 2 is 2.29 bits per heavy atom. The lowest BCUT2D eigenvalue weighted by Crippen LogP contribution is -2.54. The van der Waals surface area contributed by atoms with E-state index in [0.717, 1.165) is 18.5 Å². The minimum Gasteiger partial charge on any atom is -0.444 e. The number of carbonyl (C=O) groups is 1. The highest BCUT2D eigenvalue weighted by Gasteiger charge is 2.54. The summed E-state index contributed by atoms with van der Waals surface area (Å²) in [5, 5.41) is 3.45. The molecule has 2 bridgehead atoms. The largest absolute Gasteiger partial charge is 0.444 e. The van der Waals surface area contributed by atoms with Crippen LogP contribution in [0.4, 0.5) is 10.6 Å². The number of pyridine rings is 1. The smallest absolute Gasteiger partial charge is 0.411 e. The summed E-state index contributed by atoms with van der Waals surface area (Å²) in [5.74, 6) is 0.486. The number of nitrogens with one attached hydrogen (secondary N) is 1. The number of likely N-dealkylation sites (tertiary alicyclic amines) is 1. The highest BCUT2D eigenvalue weighted by molar-refractivity contribution is 5.71. The number of ether oxygens (including phenoxy) is 1. The second-order valence-electron chi connectivity index (χ2n) is 6.88. The Bertz CT molecular complexity index is 552. The SMILES string of the molecule is CC(C)(C)OC(=O)N1CC2CC1(c1ccc(N)nc1)CN2. The normalized spacial score (nSPS) is 28.0. The zero-order valence-corrected chi connectivity index (χ0v) is 12.7. The van der Waals surface area contributed by atoms with E-state index in [9.17, 15) is 4.79 Å². The van der Waals surface area contributed by atoms with Crippen molar-refractivity contribution in [2.75, 3.05) is 18.8 Å². The van der Waals surface area contributed by atoms with Gasteiger partial charge in [0.1, 0.15) is 11.4 Å². The summed E-state index contributed by atoms with van der Waals surface area (Å²) in [6, 6.07) is 4.05. The molecule has 2 atom stereocenters. The summed E-state index contributed by atoms with van der Waals surface area (Å²) in [4.78, 5) is 18.5. The highest BCUT2D eigenvalue weighted by atomic mass is 16.6. The van der Waals surface area contributed by atoms with Crippen molar-refractivity contribution < 1.29 is 9.53 Å². The van der Waals surface area contributed by atoms with Gasteiger partial charge in [0, 0.05) is 25.3 Å². The third kappa shape index (κ3) is 2.44. The van der Waals surface area contributed by atoms with Gasteiger partial charge in [-0.1, -0.05) is 6.07 Å². The average Bonchev–Trinajstić information content (AvgIpc) is 2.96. The summed E-state index contributed by atoms with van der Waals surface area (Å²) in [6.45, 7) is 7.04. The molecule has 2 saturated heterocycles. The molecule has 0 spiro atoms. The van der Waals surface area contributed by atoms with E-state index in [2.05, 4.69) is 10.3 Å². The molecule has 6 nitrogen and oxygen atoms in total. The van der Waals surface area contributed by atoms with Crippen LogP contribution in [0.25, 0.3) is 0 Å². The van der Waals surface area contributed by atoms with Crippen LogP contribution >= 0.6 is 0 Å². The number of nitrogens with two attached hydrogens (primary N) is 1. The number of fused-ring (bicyclic) bond motifs is 2. The fourth-order valence-corrected chi connectivity index (χ4v) is 3.22. The Morgan fingerprint density at radius 3 is 2.86 bits per heavy atom. The molecule has 0 radical (unpaired) electrons. The first-order chi connectivity index (χ1) is 9.80. The molecule has 3 rings (SSSR count). The zero-order chi connectivity index (χ0) is 15.3. The standard InChI is InChI=1S/C15H22N4O2/c1-14(2,3)21-13(20)19-8-11-6-15(19,9-18-11)10-4-5-12(16)17-7-10/h4-5,7,11,18H,6,8-9H2,1-3H3,(H2,16,17). The van der Waals surface area contributed by atoms with Crippen LogP contribution in [-0.4, -0.2) is 40.7 Å². The van der Waals surface area contributed by atoms with Crippen molar-refractivity contribution in [2.24, 2.45) is 0 Å². The third-order valence-electron chi connectivity index (χ3n) is 4.12. The Balaban J connectivity index is 1.91. The van der Waals surface area contributed by atoms with Gasteiger partial charge in [0.2, 0.25) is 0 Å². The maximum Gasteiger partial charge on any atom is 0.411 e. The molecule has 2 aliphatic rings. The van der Waals surface area contributed by atoms with Gasteiger partial charge in [0.05, 0.1) is 5.54 Å². The number of carbonyl (C=O) groups excluding carboxylic acids is 1. The molecule has 3 heterocycles. The molecule has 1 aromatic rings. The number of aromatic nitrogens is 1. The fourth-order valence-electron chi connectivity index (χ4n) is 3.22. The van der Waals surface area contributed by atoms with E-state index in [0.29, 0.717) is 18.4 Å². The van der Waals surface area contributed by atoms with Crippen LogP contribution in [0.5, 0.6) is 0 Å². The molecule has 2 fully saturated rings. The first kappa shape index (κ1) is 14.1. The van der Waals surface area contributed by atoms with Crippen molar-refractivity contribution in [3.63, 3.8) is 0 Å². The number of hydrogen-bond acceptors (Lipinski definition) is 5. The lowest BCUT2D eigenvalue weighted by Gasteiger charge is -2.39. The first-order valence-electron chi connectivity index (χ1n) is 7.26. The molecule has 114 valence electrons. The predicted octanol–water partition coefficient (Wildman–Crippen LogP) is 1.47.